The lowest BCUT2D eigenvalue weighted by molar-refractivity contribution is -0.370. The summed E-state index contributed by atoms with van der Waals surface area (Å²) in [5, 5.41) is 0. The smallest absolute Gasteiger partial charge is 0.410 e. The summed E-state index contributed by atoms with van der Waals surface area (Å²) in [7, 11) is 0. The molecule has 1 saturated heterocycles. The lowest BCUT2D eigenvalue weighted by Gasteiger charge is -2.36. The van der Waals surface area contributed by atoms with Gasteiger partial charge in [0.1, 0.15) is 5.60 Å². The Morgan fingerprint density at radius 3 is 2.69 bits per heavy atom. The van der Waals surface area contributed by atoms with E-state index in [1.54, 1.807) is 0 Å². The first-order valence-corrected chi connectivity index (χ1v) is 6.23. The van der Waals surface area contributed by atoms with Gasteiger partial charge in [0.15, 0.2) is 0 Å². The monoisotopic (exact) mass is 229 g/mol. The fourth-order valence-corrected chi connectivity index (χ4v) is 2.10. The number of rotatable bonds is 2. The van der Waals surface area contributed by atoms with Crippen LogP contribution in [0.15, 0.2) is 0 Å². The van der Waals surface area contributed by atoms with Crippen LogP contribution in [0.1, 0.15) is 46.5 Å². The van der Waals surface area contributed by atoms with E-state index in [-0.39, 0.29) is 6.09 Å². The summed E-state index contributed by atoms with van der Waals surface area (Å²) in [5.41, 5.74) is 3.47. The van der Waals surface area contributed by atoms with Gasteiger partial charge < -0.3 is 15.4 Å². The standard InChI is InChI=1S/C12H24N2O2/c1-12(2,3)16-11(15)14-9-5-4-6-10(14)7-8-13/h10H,4-9,13H2,1-3H3/p+1/t10-/m1/s1. The van der Waals surface area contributed by atoms with Crippen LogP contribution in [-0.2, 0) is 4.74 Å². The van der Waals surface area contributed by atoms with Crippen molar-refractivity contribution >= 4 is 6.09 Å². The molecule has 0 aromatic carbocycles. The minimum absolute atomic E-state index is 0.161. The van der Waals surface area contributed by atoms with Crippen LogP contribution in [0.25, 0.3) is 0 Å². The van der Waals surface area contributed by atoms with Gasteiger partial charge in [-0.25, -0.2) is 4.79 Å². The molecular formula is C12H25N2O2+. The number of hydrogen-bond donors (Lipinski definition) is 1. The molecule has 0 aromatic rings. The van der Waals surface area contributed by atoms with E-state index < -0.39 is 5.60 Å². The molecule has 94 valence electrons. The van der Waals surface area contributed by atoms with Crippen molar-refractivity contribution < 1.29 is 15.3 Å². The largest absolute Gasteiger partial charge is 0.444 e. The molecule has 0 bridgehead atoms. The van der Waals surface area contributed by atoms with Crippen molar-refractivity contribution in [1.82, 2.24) is 4.90 Å². The summed E-state index contributed by atoms with van der Waals surface area (Å²) >= 11 is 0. The predicted octanol–water partition coefficient (Wildman–Crippen LogP) is 1.41. The Balaban J connectivity index is 2.57. The van der Waals surface area contributed by atoms with Crippen molar-refractivity contribution in [1.29, 1.82) is 0 Å². The first kappa shape index (κ1) is 13.3. The second-order valence-corrected chi connectivity index (χ2v) is 5.47. The fourth-order valence-electron chi connectivity index (χ4n) is 2.10. The predicted molar refractivity (Wildman–Crippen MR) is 63.0 cm³/mol. The summed E-state index contributed by atoms with van der Waals surface area (Å²) in [6.45, 7) is 7.44. The number of quaternary nitrogens is 1. The van der Waals surface area contributed by atoms with Crippen molar-refractivity contribution in [3.05, 3.63) is 0 Å². The van der Waals surface area contributed by atoms with Crippen molar-refractivity contribution in [2.24, 2.45) is 0 Å². The number of ether oxygens (including phenoxy) is 1. The topological polar surface area (TPSA) is 57.2 Å². The highest BCUT2D eigenvalue weighted by Gasteiger charge is 2.30. The number of hydrogen-bond acceptors (Lipinski definition) is 2. The molecule has 0 unspecified atom stereocenters. The van der Waals surface area contributed by atoms with E-state index in [1.165, 1.54) is 6.42 Å². The summed E-state index contributed by atoms with van der Waals surface area (Å²) in [5.74, 6) is 0. The maximum Gasteiger partial charge on any atom is 0.410 e. The molecule has 0 aliphatic carbocycles. The van der Waals surface area contributed by atoms with E-state index in [0.717, 1.165) is 32.4 Å². The van der Waals surface area contributed by atoms with Crippen LogP contribution in [0.3, 0.4) is 0 Å². The highest BCUT2D eigenvalue weighted by Crippen LogP contribution is 2.21. The third-order valence-electron chi connectivity index (χ3n) is 2.79. The van der Waals surface area contributed by atoms with Gasteiger partial charge in [0, 0.05) is 19.0 Å². The average molecular weight is 229 g/mol. The fraction of sp³-hybridized carbons (Fsp3) is 0.917. The Morgan fingerprint density at radius 2 is 2.12 bits per heavy atom. The lowest BCUT2D eigenvalue weighted by Crippen LogP contribution is -2.54. The van der Waals surface area contributed by atoms with Gasteiger partial charge in [-0.2, -0.15) is 0 Å². The van der Waals surface area contributed by atoms with Crippen LogP contribution in [0.2, 0.25) is 0 Å². The third-order valence-corrected chi connectivity index (χ3v) is 2.79. The minimum Gasteiger partial charge on any atom is -0.444 e. The van der Waals surface area contributed by atoms with Gasteiger partial charge in [0.2, 0.25) is 0 Å². The van der Waals surface area contributed by atoms with E-state index in [9.17, 15) is 4.79 Å². The van der Waals surface area contributed by atoms with Crippen molar-refractivity contribution in [2.45, 2.75) is 58.1 Å². The SMILES string of the molecule is CC(C)(C)OC(=O)N1CCCC[C@@H]1CC[NH3+]. The molecule has 1 aliphatic heterocycles. The van der Waals surface area contributed by atoms with E-state index in [0.29, 0.717) is 6.04 Å². The molecule has 1 fully saturated rings. The second-order valence-electron chi connectivity index (χ2n) is 5.47. The third kappa shape index (κ3) is 4.00. The van der Waals surface area contributed by atoms with Gasteiger partial charge in [-0.3, -0.25) is 0 Å². The second kappa shape index (κ2) is 5.53. The Morgan fingerprint density at radius 1 is 1.44 bits per heavy atom. The first-order valence-electron chi connectivity index (χ1n) is 6.23. The van der Waals surface area contributed by atoms with Crippen LogP contribution in [0.4, 0.5) is 4.79 Å². The van der Waals surface area contributed by atoms with Crippen LogP contribution < -0.4 is 5.73 Å². The molecular weight excluding hydrogens is 204 g/mol. The van der Waals surface area contributed by atoms with Crippen LogP contribution in [0.5, 0.6) is 0 Å². The Labute approximate surface area is 98.1 Å². The molecule has 1 heterocycles. The van der Waals surface area contributed by atoms with Gasteiger partial charge in [0.05, 0.1) is 6.54 Å². The molecule has 3 N–H and O–H groups in total. The molecule has 4 nitrogen and oxygen atoms in total. The van der Waals surface area contributed by atoms with Gasteiger partial charge >= 0.3 is 6.09 Å². The van der Waals surface area contributed by atoms with Gasteiger partial charge in [-0.15, -0.1) is 0 Å². The number of piperidine rings is 1. The van der Waals surface area contributed by atoms with E-state index >= 15 is 0 Å². The first-order chi connectivity index (χ1) is 7.44. The zero-order chi connectivity index (χ0) is 12.2. The lowest BCUT2D eigenvalue weighted by atomic mass is 10.00. The molecule has 16 heavy (non-hydrogen) atoms. The maximum absolute atomic E-state index is 12.0. The molecule has 1 amide bonds. The minimum atomic E-state index is -0.399. The van der Waals surface area contributed by atoms with Crippen LogP contribution >= 0.6 is 0 Å². The highest BCUT2D eigenvalue weighted by molar-refractivity contribution is 5.68. The molecule has 0 radical (unpaired) electrons. The number of carbonyl (C=O) groups excluding carboxylic acids is 1. The van der Waals surface area contributed by atoms with Crippen molar-refractivity contribution in [3.8, 4) is 0 Å². The molecule has 0 saturated carbocycles. The normalized spacial score (nSPS) is 22.0. The van der Waals surface area contributed by atoms with E-state index in [4.69, 9.17) is 4.74 Å². The molecule has 0 spiro atoms. The molecule has 1 aliphatic rings. The van der Waals surface area contributed by atoms with Crippen molar-refractivity contribution in [3.63, 3.8) is 0 Å². The highest BCUT2D eigenvalue weighted by atomic mass is 16.6. The Bertz CT molecular complexity index is 234. The summed E-state index contributed by atoms with van der Waals surface area (Å²) < 4.78 is 5.42. The van der Waals surface area contributed by atoms with Crippen LogP contribution in [-0.4, -0.2) is 35.7 Å². The van der Waals surface area contributed by atoms with Gasteiger partial charge in [0.25, 0.3) is 0 Å². The van der Waals surface area contributed by atoms with Crippen molar-refractivity contribution in [2.75, 3.05) is 13.1 Å². The molecule has 0 aromatic heterocycles. The average Bonchev–Trinajstić information content (AvgIpc) is 2.16. The quantitative estimate of drug-likeness (QED) is 0.778. The molecule has 1 atom stereocenters. The number of amides is 1. The molecule has 1 rings (SSSR count). The maximum atomic E-state index is 12.0. The zero-order valence-electron chi connectivity index (χ0n) is 10.8. The number of likely N-dealkylation sites (tertiary alicyclic amines) is 1. The summed E-state index contributed by atoms with van der Waals surface area (Å²) in [4.78, 5) is 13.9. The molecule has 4 heteroatoms. The summed E-state index contributed by atoms with van der Waals surface area (Å²) in [6.07, 6.45) is 4.22. The van der Waals surface area contributed by atoms with Gasteiger partial charge in [-0.05, 0) is 40.0 Å². The number of carbonyl (C=O) groups is 1. The Kier molecular flexibility index (Phi) is 4.59. The Hall–Kier alpha value is -0.770. The van der Waals surface area contributed by atoms with Gasteiger partial charge in [-0.1, -0.05) is 0 Å². The zero-order valence-corrected chi connectivity index (χ0v) is 10.8. The number of nitrogens with zero attached hydrogens (tertiary/aromatic N) is 1. The van der Waals surface area contributed by atoms with Crippen LogP contribution in [0, 0.1) is 0 Å². The van der Waals surface area contributed by atoms with E-state index in [1.807, 2.05) is 25.7 Å². The van der Waals surface area contributed by atoms with E-state index in [2.05, 4.69) is 5.73 Å². The summed E-state index contributed by atoms with van der Waals surface area (Å²) in [6, 6.07) is 0.334.